The lowest BCUT2D eigenvalue weighted by Gasteiger charge is -2.17. The number of methoxy groups -OCH3 is 2. The lowest BCUT2D eigenvalue weighted by atomic mass is 9.88. The van der Waals surface area contributed by atoms with Crippen LogP contribution in [0.2, 0.25) is 0 Å². The van der Waals surface area contributed by atoms with Gasteiger partial charge in [0.25, 0.3) is 5.69 Å². The number of hydrogen-bond donors (Lipinski definition) is 1. The summed E-state index contributed by atoms with van der Waals surface area (Å²) in [4.78, 5) is 46.4. The van der Waals surface area contributed by atoms with E-state index in [9.17, 15) is 29.6 Å². The molecule has 0 saturated heterocycles. The van der Waals surface area contributed by atoms with Gasteiger partial charge in [-0.3, -0.25) is 19.7 Å². The molecule has 2 aromatic rings. The second-order valence-electron chi connectivity index (χ2n) is 4.94. The Kier molecular flexibility index (Phi) is 4.97. The van der Waals surface area contributed by atoms with Crippen molar-refractivity contribution >= 4 is 34.4 Å². The van der Waals surface area contributed by atoms with Crippen molar-refractivity contribution in [1.82, 2.24) is 0 Å². The number of carbonyl (C=O) groups excluding carboxylic acids is 2. The van der Waals surface area contributed by atoms with Crippen LogP contribution in [0.3, 0.4) is 0 Å². The maximum Gasteiger partial charge on any atom is 0.336 e. The average Bonchev–Trinajstić information content (AvgIpc) is 2.60. The summed E-state index contributed by atoms with van der Waals surface area (Å²) in [5.74, 6) is -5.28. The van der Waals surface area contributed by atoms with Crippen molar-refractivity contribution in [3.63, 3.8) is 0 Å². The van der Waals surface area contributed by atoms with Crippen molar-refractivity contribution in [3.05, 3.63) is 51.6 Å². The quantitative estimate of drug-likeness (QED) is 0.375. The van der Waals surface area contributed by atoms with Crippen LogP contribution in [0.25, 0.3) is 10.8 Å². The van der Waals surface area contributed by atoms with Gasteiger partial charge in [-0.25, -0.2) is 4.79 Å². The summed E-state index contributed by atoms with van der Waals surface area (Å²) in [5, 5.41) is 20.9. The number of carboxylic acid groups (broad SMARTS) is 1. The molecule has 2 aromatic carbocycles. The van der Waals surface area contributed by atoms with Gasteiger partial charge in [-0.15, -0.1) is 0 Å². The van der Waals surface area contributed by atoms with Crippen LogP contribution in [0.4, 0.5) is 5.69 Å². The van der Waals surface area contributed by atoms with Crippen LogP contribution in [0.1, 0.15) is 21.8 Å². The van der Waals surface area contributed by atoms with Crippen LogP contribution in [0, 0.1) is 10.1 Å². The third-order valence-electron chi connectivity index (χ3n) is 3.65. The Hall–Kier alpha value is -3.49. The molecule has 0 spiro atoms. The van der Waals surface area contributed by atoms with E-state index >= 15 is 0 Å². The summed E-state index contributed by atoms with van der Waals surface area (Å²) in [7, 11) is 2.07. The second kappa shape index (κ2) is 6.95. The highest BCUT2D eigenvalue weighted by molar-refractivity contribution is 6.11. The standard InChI is InChI=1S/C16H13NO8/c1-24-15(20)13(16(21)25-2)12-9-6-4-3-5-8(9)11(17(22)23)7-10(12)14(18)19/h3-7,13H,1-2H3,(H,18,19). The van der Waals surface area contributed by atoms with Gasteiger partial charge < -0.3 is 14.6 Å². The Labute approximate surface area is 140 Å². The van der Waals surface area contributed by atoms with Crippen LogP contribution in [-0.4, -0.2) is 42.2 Å². The van der Waals surface area contributed by atoms with E-state index in [1.54, 1.807) is 0 Å². The lowest BCUT2D eigenvalue weighted by molar-refractivity contribution is -0.383. The smallest absolute Gasteiger partial charge is 0.336 e. The number of benzene rings is 2. The maximum atomic E-state index is 12.1. The van der Waals surface area contributed by atoms with Crippen molar-refractivity contribution in [1.29, 1.82) is 0 Å². The topological polar surface area (TPSA) is 133 Å². The molecule has 0 heterocycles. The van der Waals surface area contributed by atoms with E-state index in [2.05, 4.69) is 9.47 Å². The number of hydrogen-bond acceptors (Lipinski definition) is 7. The van der Waals surface area contributed by atoms with Crippen molar-refractivity contribution in [2.75, 3.05) is 14.2 Å². The normalized spacial score (nSPS) is 10.5. The number of carbonyl (C=O) groups is 3. The zero-order valence-corrected chi connectivity index (χ0v) is 13.2. The highest BCUT2D eigenvalue weighted by Crippen LogP contribution is 2.36. The second-order valence-corrected chi connectivity index (χ2v) is 4.94. The molecule has 0 aromatic heterocycles. The van der Waals surface area contributed by atoms with Crippen LogP contribution >= 0.6 is 0 Å². The number of nitro groups is 1. The van der Waals surface area contributed by atoms with Gasteiger partial charge in [-0.1, -0.05) is 18.2 Å². The van der Waals surface area contributed by atoms with Crippen molar-refractivity contribution in [2.45, 2.75) is 5.92 Å². The van der Waals surface area contributed by atoms with Gasteiger partial charge in [0, 0.05) is 11.6 Å². The third-order valence-corrected chi connectivity index (χ3v) is 3.65. The highest BCUT2D eigenvalue weighted by Gasteiger charge is 2.37. The van der Waals surface area contributed by atoms with E-state index in [0.29, 0.717) is 0 Å². The summed E-state index contributed by atoms with van der Waals surface area (Å²) in [6.07, 6.45) is 0. The van der Waals surface area contributed by atoms with Crippen LogP contribution < -0.4 is 0 Å². The van der Waals surface area contributed by atoms with Gasteiger partial charge in [0.05, 0.1) is 30.1 Å². The molecule has 0 aliphatic carbocycles. The van der Waals surface area contributed by atoms with E-state index in [0.717, 1.165) is 20.3 Å². The monoisotopic (exact) mass is 347 g/mol. The van der Waals surface area contributed by atoms with E-state index < -0.39 is 40.0 Å². The van der Waals surface area contributed by atoms with Gasteiger partial charge >= 0.3 is 17.9 Å². The van der Waals surface area contributed by atoms with Crippen LogP contribution in [-0.2, 0) is 19.1 Å². The van der Waals surface area contributed by atoms with E-state index in [4.69, 9.17) is 0 Å². The summed E-state index contributed by atoms with van der Waals surface area (Å²) in [6, 6.07) is 6.63. The van der Waals surface area contributed by atoms with Gasteiger partial charge in [0.1, 0.15) is 0 Å². The fourth-order valence-electron chi connectivity index (χ4n) is 2.59. The highest BCUT2D eigenvalue weighted by atomic mass is 16.6. The Morgan fingerprint density at radius 1 is 1.08 bits per heavy atom. The fourth-order valence-corrected chi connectivity index (χ4v) is 2.59. The molecule has 0 aliphatic heterocycles. The zero-order chi connectivity index (χ0) is 18.7. The van der Waals surface area contributed by atoms with Crippen molar-refractivity contribution < 1.29 is 33.9 Å². The third kappa shape index (κ3) is 3.11. The van der Waals surface area contributed by atoms with Gasteiger partial charge in [-0.05, 0) is 11.5 Å². The first-order valence-corrected chi connectivity index (χ1v) is 6.92. The Balaban J connectivity index is 2.99. The maximum absolute atomic E-state index is 12.1. The SMILES string of the molecule is COC(=O)C(C(=O)OC)c1c(C(=O)O)cc([N+](=O)[O-])c2ccccc12. The number of nitro benzene ring substituents is 1. The Morgan fingerprint density at radius 3 is 2.04 bits per heavy atom. The minimum atomic E-state index is -1.69. The molecule has 0 atom stereocenters. The molecular weight excluding hydrogens is 334 g/mol. The number of nitrogens with zero attached hydrogens (tertiary/aromatic N) is 1. The summed E-state index contributed by atoms with van der Waals surface area (Å²) >= 11 is 0. The predicted octanol–water partition coefficient (Wildman–Crippen LogP) is 1.88. The molecule has 0 saturated carbocycles. The minimum absolute atomic E-state index is 0.0786. The average molecular weight is 347 g/mol. The molecule has 0 bridgehead atoms. The first-order valence-electron chi connectivity index (χ1n) is 6.92. The number of non-ortho nitro benzene ring substituents is 1. The zero-order valence-electron chi connectivity index (χ0n) is 13.2. The van der Waals surface area contributed by atoms with Gasteiger partial charge in [0.15, 0.2) is 5.92 Å². The summed E-state index contributed by atoms with van der Waals surface area (Å²) in [5.41, 5.74) is -1.22. The molecule has 0 aliphatic rings. The molecule has 9 heteroatoms. The molecule has 1 N–H and O–H groups in total. The Bertz CT molecular complexity index is 873. The number of carboxylic acids is 1. The molecule has 2 rings (SSSR count). The molecule has 25 heavy (non-hydrogen) atoms. The number of fused-ring (bicyclic) bond motifs is 1. The fraction of sp³-hybridized carbons (Fsp3) is 0.188. The lowest BCUT2D eigenvalue weighted by Crippen LogP contribution is -2.26. The molecule has 0 fully saturated rings. The molecule has 0 radical (unpaired) electrons. The molecule has 0 amide bonds. The first kappa shape index (κ1) is 17.9. The molecular formula is C16H13NO8. The van der Waals surface area contributed by atoms with Crippen LogP contribution in [0.5, 0.6) is 0 Å². The van der Waals surface area contributed by atoms with E-state index in [1.165, 1.54) is 24.3 Å². The summed E-state index contributed by atoms with van der Waals surface area (Å²) in [6.45, 7) is 0. The van der Waals surface area contributed by atoms with Crippen molar-refractivity contribution in [2.24, 2.45) is 0 Å². The van der Waals surface area contributed by atoms with E-state index in [1.807, 2.05) is 0 Å². The molecule has 130 valence electrons. The molecule has 9 nitrogen and oxygen atoms in total. The first-order chi connectivity index (χ1) is 11.8. The van der Waals surface area contributed by atoms with Crippen molar-refractivity contribution in [3.8, 4) is 0 Å². The summed E-state index contributed by atoms with van der Waals surface area (Å²) < 4.78 is 9.17. The van der Waals surface area contributed by atoms with Gasteiger partial charge in [-0.2, -0.15) is 0 Å². The Morgan fingerprint density at radius 2 is 1.60 bits per heavy atom. The van der Waals surface area contributed by atoms with Crippen LogP contribution in [0.15, 0.2) is 30.3 Å². The largest absolute Gasteiger partial charge is 0.478 e. The molecule has 0 unspecified atom stereocenters. The number of aromatic carboxylic acids is 1. The number of esters is 2. The minimum Gasteiger partial charge on any atom is -0.478 e. The number of rotatable bonds is 5. The predicted molar refractivity (Wildman–Crippen MR) is 84.3 cm³/mol. The number of ether oxygens (including phenoxy) is 2. The van der Waals surface area contributed by atoms with E-state index in [-0.39, 0.29) is 16.3 Å². The van der Waals surface area contributed by atoms with Gasteiger partial charge in [0.2, 0.25) is 0 Å².